The van der Waals surface area contributed by atoms with Gasteiger partial charge in [-0.25, -0.2) is 0 Å². The van der Waals surface area contributed by atoms with Crippen molar-refractivity contribution in [3.8, 4) is 0 Å². The SMILES string of the molecule is O=C(c1cc[nH]c1)C12CC3CC(CC(C3)C1)C2. The molecule has 0 aromatic carbocycles. The van der Waals surface area contributed by atoms with E-state index in [2.05, 4.69) is 4.98 Å². The number of aromatic amines is 1. The van der Waals surface area contributed by atoms with Crippen LogP contribution in [0.25, 0.3) is 0 Å². The smallest absolute Gasteiger partial charge is 0.170 e. The van der Waals surface area contributed by atoms with Gasteiger partial charge in [0.2, 0.25) is 0 Å². The lowest BCUT2D eigenvalue weighted by Crippen LogP contribution is -2.49. The number of nitrogens with one attached hydrogen (secondary N) is 1. The Morgan fingerprint density at radius 1 is 1.12 bits per heavy atom. The molecule has 17 heavy (non-hydrogen) atoms. The first-order chi connectivity index (χ1) is 8.25. The van der Waals surface area contributed by atoms with Gasteiger partial charge >= 0.3 is 0 Å². The molecule has 5 rings (SSSR count). The van der Waals surface area contributed by atoms with E-state index in [-0.39, 0.29) is 5.41 Å². The molecule has 0 unspecified atom stereocenters. The van der Waals surface area contributed by atoms with E-state index in [1.165, 1.54) is 38.5 Å². The molecule has 2 heteroatoms. The number of aromatic nitrogens is 1. The van der Waals surface area contributed by atoms with Crippen LogP contribution in [0.4, 0.5) is 0 Å². The highest BCUT2D eigenvalue weighted by atomic mass is 16.1. The van der Waals surface area contributed by atoms with Crippen LogP contribution in [0, 0.1) is 23.2 Å². The highest BCUT2D eigenvalue weighted by Crippen LogP contribution is 2.60. The third-order valence-corrected chi connectivity index (χ3v) is 5.38. The van der Waals surface area contributed by atoms with Crippen molar-refractivity contribution in [2.45, 2.75) is 38.5 Å². The first kappa shape index (κ1) is 9.93. The molecule has 2 nitrogen and oxygen atoms in total. The van der Waals surface area contributed by atoms with Crippen LogP contribution in [0.15, 0.2) is 18.5 Å². The van der Waals surface area contributed by atoms with Gasteiger partial charge in [0.25, 0.3) is 0 Å². The summed E-state index contributed by atoms with van der Waals surface area (Å²) in [5.74, 6) is 2.98. The van der Waals surface area contributed by atoms with Gasteiger partial charge in [-0.15, -0.1) is 0 Å². The molecule has 1 N–H and O–H groups in total. The number of hydrogen-bond acceptors (Lipinski definition) is 1. The topological polar surface area (TPSA) is 32.9 Å². The van der Waals surface area contributed by atoms with E-state index in [1.807, 2.05) is 18.5 Å². The van der Waals surface area contributed by atoms with Crippen molar-refractivity contribution in [1.82, 2.24) is 4.98 Å². The van der Waals surface area contributed by atoms with Crippen LogP contribution in [0.1, 0.15) is 48.9 Å². The Morgan fingerprint density at radius 2 is 1.71 bits per heavy atom. The van der Waals surface area contributed by atoms with E-state index in [0.717, 1.165) is 23.3 Å². The van der Waals surface area contributed by atoms with Crippen LogP contribution in [0.3, 0.4) is 0 Å². The fraction of sp³-hybridized carbons (Fsp3) is 0.667. The zero-order valence-electron chi connectivity index (χ0n) is 10.1. The summed E-state index contributed by atoms with van der Waals surface area (Å²) in [6.07, 6.45) is 11.5. The Labute approximate surface area is 102 Å². The molecule has 0 spiro atoms. The molecule has 0 amide bonds. The maximum atomic E-state index is 12.7. The molecule has 4 bridgehead atoms. The summed E-state index contributed by atoms with van der Waals surface area (Å²) < 4.78 is 0. The summed E-state index contributed by atoms with van der Waals surface area (Å²) in [5, 5.41) is 0. The molecule has 0 aliphatic heterocycles. The summed E-state index contributed by atoms with van der Waals surface area (Å²) >= 11 is 0. The maximum absolute atomic E-state index is 12.7. The summed E-state index contributed by atoms with van der Waals surface area (Å²) in [5.41, 5.74) is 0.934. The van der Waals surface area contributed by atoms with Crippen LogP contribution < -0.4 is 0 Å². The zero-order valence-corrected chi connectivity index (χ0v) is 10.1. The van der Waals surface area contributed by atoms with E-state index >= 15 is 0 Å². The quantitative estimate of drug-likeness (QED) is 0.774. The number of carbonyl (C=O) groups is 1. The molecule has 4 aliphatic carbocycles. The van der Waals surface area contributed by atoms with Crippen LogP contribution in [-0.4, -0.2) is 10.8 Å². The molecular formula is C15H19NO. The van der Waals surface area contributed by atoms with Gasteiger partial charge < -0.3 is 4.98 Å². The number of carbonyl (C=O) groups excluding carboxylic acids is 1. The minimum Gasteiger partial charge on any atom is -0.367 e. The van der Waals surface area contributed by atoms with E-state index in [4.69, 9.17) is 0 Å². The molecule has 0 atom stereocenters. The molecule has 4 fully saturated rings. The summed E-state index contributed by atoms with van der Waals surface area (Å²) in [7, 11) is 0. The molecule has 4 aliphatic rings. The monoisotopic (exact) mass is 229 g/mol. The standard InChI is InChI=1S/C15H19NO/c17-14(13-1-2-16-9-13)15-6-10-3-11(7-15)5-12(4-10)8-15/h1-2,9-12,16H,3-8H2. The second-order valence-corrected chi connectivity index (χ2v) is 6.63. The second-order valence-electron chi connectivity index (χ2n) is 6.63. The van der Waals surface area contributed by atoms with Crippen molar-refractivity contribution in [3.63, 3.8) is 0 Å². The first-order valence-electron chi connectivity index (χ1n) is 6.93. The van der Waals surface area contributed by atoms with Crippen molar-refractivity contribution in [2.75, 3.05) is 0 Å². The van der Waals surface area contributed by atoms with Gasteiger partial charge in [-0.2, -0.15) is 0 Å². The largest absolute Gasteiger partial charge is 0.367 e. The molecule has 1 heterocycles. The minimum absolute atomic E-state index is 0.0247. The van der Waals surface area contributed by atoms with E-state index in [1.54, 1.807) is 0 Å². The van der Waals surface area contributed by atoms with Crippen molar-refractivity contribution in [3.05, 3.63) is 24.0 Å². The van der Waals surface area contributed by atoms with Crippen molar-refractivity contribution < 1.29 is 4.79 Å². The second kappa shape index (κ2) is 3.24. The Balaban J connectivity index is 1.71. The van der Waals surface area contributed by atoms with E-state index in [0.29, 0.717) is 5.78 Å². The zero-order chi connectivity index (χ0) is 11.5. The van der Waals surface area contributed by atoms with Gasteiger partial charge in [-0.05, 0) is 62.3 Å². The molecular weight excluding hydrogens is 210 g/mol. The Bertz CT molecular complexity index is 410. The normalized spacial score (nSPS) is 42.9. The Morgan fingerprint density at radius 3 is 2.18 bits per heavy atom. The van der Waals surface area contributed by atoms with Gasteiger partial charge in [0.15, 0.2) is 5.78 Å². The number of hydrogen-bond donors (Lipinski definition) is 1. The van der Waals surface area contributed by atoms with E-state index in [9.17, 15) is 4.79 Å². The van der Waals surface area contributed by atoms with Crippen molar-refractivity contribution >= 4 is 5.78 Å². The van der Waals surface area contributed by atoms with Gasteiger partial charge in [0.1, 0.15) is 0 Å². The minimum atomic E-state index is 0.0247. The Kier molecular flexibility index (Phi) is 1.89. The van der Waals surface area contributed by atoms with Crippen molar-refractivity contribution in [1.29, 1.82) is 0 Å². The fourth-order valence-electron chi connectivity index (χ4n) is 5.16. The number of rotatable bonds is 2. The van der Waals surface area contributed by atoms with Crippen LogP contribution in [0.5, 0.6) is 0 Å². The van der Waals surface area contributed by atoms with Gasteiger partial charge in [-0.3, -0.25) is 4.79 Å². The number of ketones is 1. The van der Waals surface area contributed by atoms with Crippen molar-refractivity contribution in [2.24, 2.45) is 23.2 Å². The molecule has 0 saturated heterocycles. The number of Topliss-reactive ketones (excluding diaryl/α,β-unsaturated/α-hetero) is 1. The molecule has 1 aromatic rings. The summed E-state index contributed by atoms with van der Waals surface area (Å²) in [4.78, 5) is 15.8. The molecule has 1 aromatic heterocycles. The molecule has 4 saturated carbocycles. The molecule has 90 valence electrons. The molecule has 0 radical (unpaired) electrons. The average molecular weight is 229 g/mol. The average Bonchev–Trinajstić information content (AvgIpc) is 2.79. The lowest BCUT2D eigenvalue weighted by Gasteiger charge is -2.55. The predicted molar refractivity (Wildman–Crippen MR) is 65.7 cm³/mol. The maximum Gasteiger partial charge on any atom is 0.170 e. The van der Waals surface area contributed by atoms with Crippen LogP contribution in [0.2, 0.25) is 0 Å². The third-order valence-electron chi connectivity index (χ3n) is 5.38. The van der Waals surface area contributed by atoms with Gasteiger partial charge in [-0.1, -0.05) is 0 Å². The van der Waals surface area contributed by atoms with Gasteiger partial charge in [0.05, 0.1) is 0 Å². The summed E-state index contributed by atoms with van der Waals surface area (Å²) in [6.45, 7) is 0. The van der Waals surface area contributed by atoms with Gasteiger partial charge in [0, 0.05) is 23.4 Å². The van der Waals surface area contributed by atoms with E-state index < -0.39 is 0 Å². The highest BCUT2D eigenvalue weighted by molar-refractivity contribution is 6.00. The van der Waals surface area contributed by atoms with Crippen LogP contribution >= 0.6 is 0 Å². The summed E-state index contributed by atoms with van der Waals surface area (Å²) in [6, 6.07) is 1.95. The highest BCUT2D eigenvalue weighted by Gasteiger charge is 2.54. The van der Waals surface area contributed by atoms with Crippen LogP contribution in [-0.2, 0) is 0 Å². The Hall–Kier alpha value is -1.05. The number of H-pyrrole nitrogens is 1. The fourth-order valence-corrected chi connectivity index (χ4v) is 5.16. The third kappa shape index (κ3) is 1.36. The predicted octanol–water partition coefficient (Wildman–Crippen LogP) is 3.41. The lowest BCUT2D eigenvalue weighted by molar-refractivity contribution is -0.0352. The lowest BCUT2D eigenvalue weighted by atomic mass is 9.48. The first-order valence-corrected chi connectivity index (χ1v) is 6.93.